The normalized spacial score (nSPS) is 9.71. The number of halogens is 1. The highest BCUT2D eigenvalue weighted by Gasteiger charge is 2.06. The summed E-state index contributed by atoms with van der Waals surface area (Å²) in [5, 5.41) is 12.6. The van der Waals surface area contributed by atoms with Crippen LogP contribution in [0, 0.1) is 18.3 Å². The fourth-order valence-electron chi connectivity index (χ4n) is 1.52. The summed E-state index contributed by atoms with van der Waals surface area (Å²) in [5.41, 5.74) is 3.02. The number of aromatic nitrogens is 1. The fraction of sp³-hybridized carbons (Fsp3) is 0.0769. The number of benzene rings is 1. The van der Waals surface area contributed by atoms with Crippen LogP contribution in [0.3, 0.4) is 0 Å². The summed E-state index contributed by atoms with van der Waals surface area (Å²) in [6, 6.07) is 9.34. The predicted molar refractivity (Wildman–Crippen MR) is 68.4 cm³/mol. The van der Waals surface area contributed by atoms with Crippen molar-refractivity contribution < 1.29 is 0 Å². The molecule has 1 aromatic carbocycles. The maximum absolute atomic E-state index is 9.04. The standard InChI is InChI=1S/C13H10ClN3/c1-9-5-10(8-16-7-9)17-13-4-2-3-12(14)11(13)6-15/h2-5,7-8,17H,1H3. The Labute approximate surface area is 105 Å². The summed E-state index contributed by atoms with van der Waals surface area (Å²) in [7, 11) is 0. The molecule has 0 aliphatic rings. The van der Waals surface area contributed by atoms with Gasteiger partial charge in [-0.2, -0.15) is 5.26 Å². The van der Waals surface area contributed by atoms with Crippen molar-refractivity contribution in [1.82, 2.24) is 4.98 Å². The highest BCUT2D eigenvalue weighted by atomic mass is 35.5. The second-order valence-electron chi connectivity index (χ2n) is 3.65. The quantitative estimate of drug-likeness (QED) is 0.876. The molecule has 4 heteroatoms. The van der Waals surface area contributed by atoms with E-state index in [9.17, 15) is 0 Å². The van der Waals surface area contributed by atoms with Crippen LogP contribution in [0.5, 0.6) is 0 Å². The molecule has 84 valence electrons. The molecule has 0 aliphatic heterocycles. The molecule has 0 amide bonds. The van der Waals surface area contributed by atoms with Crippen LogP contribution >= 0.6 is 11.6 Å². The Bertz CT molecular complexity index is 587. The summed E-state index contributed by atoms with van der Waals surface area (Å²) in [6.07, 6.45) is 3.48. The molecule has 1 aromatic heterocycles. The van der Waals surface area contributed by atoms with E-state index in [1.807, 2.05) is 19.1 Å². The van der Waals surface area contributed by atoms with Crippen molar-refractivity contribution in [2.75, 3.05) is 5.32 Å². The van der Waals surface area contributed by atoms with Gasteiger partial charge in [-0.25, -0.2) is 0 Å². The number of pyridine rings is 1. The first kappa shape index (κ1) is 11.4. The zero-order valence-corrected chi connectivity index (χ0v) is 9.99. The van der Waals surface area contributed by atoms with Gasteiger partial charge in [0.05, 0.1) is 28.2 Å². The summed E-state index contributed by atoms with van der Waals surface area (Å²) < 4.78 is 0. The van der Waals surface area contributed by atoms with Gasteiger partial charge in [0.2, 0.25) is 0 Å². The predicted octanol–water partition coefficient (Wildman–Crippen LogP) is 3.66. The fourth-order valence-corrected chi connectivity index (χ4v) is 1.74. The molecule has 0 radical (unpaired) electrons. The van der Waals surface area contributed by atoms with Gasteiger partial charge in [0, 0.05) is 6.20 Å². The number of nitrogens with one attached hydrogen (secondary N) is 1. The van der Waals surface area contributed by atoms with E-state index in [0.717, 1.165) is 11.3 Å². The molecule has 2 aromatic rings. The van der Waals surface area contributed by atoms with E-state index >= 15 is 0 Å². The third-order valence-electron chi connectivity index (χ3n) is 2.28. The van der Waals surface area contributed by atoms with Crippen molar-refractivity contribution in [2.45, 2.75) is 6.92 Å². The van der Waals surface area contributed by atoms with Gasteiger partial charge >= 0.3 is 0 Å². The lowest BCUT2D eigenvalue weighted by Gasteiger charge is -2.09. The first-order chi connectivity index (χ1) is 8.20. The monoisotopic (exact) mass is 243 g/mol. The van der Waals surface area contributed by atoms with Gasteiger partial charge in [-0.15, -0.1) is 0 Å². The van der Waals surface area contributed by atoms with Crippen molar-refractivity contribution in [3.05, 3.63) is 52.8 Å². The van der Waals surface area contributed by atoms with E-state index in [2.05, 4.69) is 16.4 Å². The first-order valence-electron chi connectivity index (χ1n) is 5.08. The van der Waals surface area contributed by atoms with Crippen LogP contribution in [0.4, 0.5) is 11.4 Å². The summed E-state index contributed by atoms with van der Waals surface area (Å²) in [5.74, 6) is 0. The topological polar surface area (TPSA) is 48.7 Å². The number of hydrogen-bond donors (Lipinski definition) is 1. The number of nitriles is 1. The summed E-state index contributed by atoms with van der Waals surface area (Å²) in [4.78, 5) is 4.08. The van der Waals surface area contributed by atoms with Crippen molar-refractivity contribution in [3.8, 4) is 6.07 Å². The Morgan fingerprint density at radius 2 is 2.18 bits per heavy atom. The zero-order valence-electron chi connectivity index (χ0n) is 9.24. The number of nitrogens with zero attached hydrogens (tertiary/aromatic N) is 2. The molecule has 0 unspecified atom stereocenters. The number of anilines is 2. The van der Waals surface area contributed by atoms with E-state index in [-0.39, 0.29) is 0 Å². The maximum Gasteiger partial charge on any atom is 0.103 e. The molecule has 0 saturated heterocycles. The molecule has 3 nitrogen and oxygen atoms in total. The Hall–Kier alpha value is -2.05. The Kier molecular flexibility index (Phi) is 3.27. The third kappa shape index (κ3) is 2.55. The Morgan fingerprint density at radius 3 is 2.88 bits per heavy atom. The van der Waals surface area contributed by atoms with E-state index in [1.165, 1.54) is 0 Å². The maximum atomic E-state index is 9.04. The first-order valence-corrected chi connectivity index (χ1v) is 5.46. The molecular formula is C13H10ClN3. The molecule has 17 heavy (non-hydrogen) atoms. The summed E-state index contributed by atoms with van der Waals surface area (Å²) in [6.45, 7) is 1.96. The van der Waals surface area contributed by atoms with Gasteiger partial charge in [0.15, 0.2) is 0 Å². The number of hydrogen-bond acceptors (Lipinski definition) is 3. The molecule has 1 N–H and O–H groups in total. The minimum Gasteiger partial charge on any atom is -0.353 e. The number of aryl methyl sites for hydroxylation is 1. The Morgan fingerprint density at radius 1 is 1.35 bits per heavy atom. The highest BCUT2D eigenvalue weighted by molar-refractivity contribution is 6.32. The van der Waals surface area contributed by atoms with Crippen LogP contribution in [0.15, 0.2) is 36.7 Å². The van der Waals surface area contributed by atoms with Gasteiger partial charge in [0.1, 0.15) is 6.07 Å². The van der Waals surface area contributed by atoms with Gasteiger partial charge in [-0.3, -0.25) is 4.98 Å². The molecule has 0 atom stereocenters. The second kappa shape index (κ2) is 4.86. The lowest BCUT2D eigenvalue weighted by molar-refractivity contribution is 1.26. The minimum absolute atomic E-state index is 0.440. The summed E-state index contributed by atoms with van der Waals surface area (Å²) >= 11 is 5.95. The van der Waals surface area contributed by atoms with E-state index in [4.69, 9.17) is 16.9 Å². The zero-order chi connectivity index (χ0) is 12.3. The molecule has 0 fully saturated rings. The molecule has 0 bridgehead atoms. The van der Waals surface area contributed by atoms with E-state index in [0.29, 0.717) is 16.3 Å². The third-order valence-corrected chi connectivity index (χ3v) is 2.59. The van der Waals surface area contributed by atoms with E-state index in [1.54, 1.807) is 24.5 Å². The van der Waals surface area contributed by atoms with Gasteiger partial charge in [-0.1, -0.05) is 17.7 Å². The second-order valence-corrected chi connectivity index (χ2v) is 4.06. The smallest absolute Gasteiger partial charge is 0.103 e. The van der Waals surface area contributed by atoms with Gasteiger partial charge < -0.3 is 5.32 Å². The number of rotatable bonds is 2. The molecule has 1 heterocycles. The lowest BCUT2D eigenvalue weighted by Crippen LogP contribution is -1.95. The van der Waals surface area contributed by atoms with Crippen LogP contribution in [0.25, 0.3) is 0 Å². The highest BCUT2D eigenvalue weighted by Crippen LogP contribution is 2.26. The van der Waals surface area contributed by atoms with Crippen LogP contribution in [-0.4, -0.2) is 4.98 Å². The molecule has 0 spiro atoms. The van der Waals surface area contributed by atoms with Gasteiger partial charge in [0.25, 0.3) is 0 Å². The van der Waals surface area contributed by atoms with Crippen LogP contribution in [0.2, 0.25) is 5.02 Å². The molecular weight excluding hydrogens is 234 g/mol. The van der Waals surface area contributed by atoms with Crippen molar-refractivity contribution in [3.63, 3.8) is 0 Å². The SMILES string of the molecule is Cc1cncc(Nc2cccc(Cl)c2C#N)c1. The average molecular weight is 244 g/mol. The molecule has 2 rings (SSSR count). The van der Waals surface area contributed by atoms with Crippen molar-refractivity contribution in [2.24, 2.45) is 0 Å². The molecule has 0 saturated carbocycles. The van der Waals surface area contributed by atoms with Crippen molar-refractivity contribution >= 4 is 23.0 Å². The minimum atomic E-state index is 0.440. The molecule has 0 aliphatic carbocycles. The van der Waals surface area contributed by atoms with Crippen molar-refractivity contribution in [1.29, 1.82) is 5.26 Å². The largest absolute Gasteiger partial charge is 0.353 e. The van der Waals surface area contributed by atoms with E-state index < -0.39 is 0 Å². The van der Waals surface area contributed by atoms with Crippen LogP contribution in [0.1, 0.15) is 11.1 Å². The van der Waals surface area contributed by atoms with Crippen LogP contribution < -0.4 is 5.32 Å². The lowest BCUT2D eigenvalue weighted by atomic mass is 10.2. The van der Waals surface area contributed by atoms with Gasteiger partial charge in [-0.05, 0) is 30.7 Å². The average Bonchev–Trinajstić information content (AvgIpc) is 2.29. The van der Waals surface area contributed by atoms with Crippen LogP contribution in [-0.2, 0) is 0 Å². The Balaban J connectivity index is 2.37.